The number of anilines is 1. The Labute approximate surface area is 171 Å². The molecule has 0 spiro atoms. The number of benzene rings is 1. The van der Waals surface area contributed by atoms with Crippen molar-refractivity contribution >= 4 is 22.7 Å². The van der Waals surface area contributed by atoms with Crippen LogP contribution in [0.25, 0.3) is 22.3 Å². The minimum absolute atomic E-state index is 0.159. The van der Waals surface area contributed by atoms with Crippen molar-refractivity contribution in [3.8, 4) is 11.4 Å². The Morgan fingerprint density at radius 2 is 2.00 bits per heavy atom. The molecule has 3 heterocycles. The Morgan fingerprint density at radius 1 is 1.17 bits per heavy atom. The number of esters is 1. The number of hydrogen-bond donors (Lipinski definition) is 0. The van der Waals surface area contributed by atoms with Crippen molar-refractivity contribution in [3.63, 3.8) is 0 Å². The van der Waals surface area contributed by atoms with Crippen LogP contribution >= 0.6 is 0 Å². The summed E-state index contributed by atoms with van der Waals surface area (Å²) in [4.78, 5) is 28.6. The van der Waals surface area contributed by atoms with E-state index in [-0.39, 0.29) is 11.9 Å². The molecule has 0 saturated carbocycles. The fraction of sp³-hybridized carbons (Fsp3) is 0.391. The molecule has 0 radical (unpaired) electrons. The molecular formula is C23H26N4O2. The minimum Gasteiger partial charge on any atom is -0.469 e. The zero-order valence-corrected chi connectivity index (χ0v) is 17.1. The van der Waals surface area contributed by atoms with Crippen LogP contribution in [0.2, 0.25) is 0 Å². The van der Waals surface area contributed by atoms with E-state index in [0.29, 0.717) is 5.82 Å². The number of piperidine rings is 1. The molecular weight excluding hydrogens is 364 g/mol. The highest BCUT2D eigenvalue weighted by Gasteiger charge is 2.40. The summed E-state index contributed by atoms with van der Waals surface area (Å²) >= 11 is 0. The maximum Gasteiger partial charge on any atom is 0.311 e. The fourth-order valence-electron chi connectivity index (χ4n) is 4.11. The predicted octanol–water partition coefficient (Wildman–Crippen LogP) is 4.11. The molecule has 3 aromatic rings. The maximum atomic E-state index is 12.4. The molecule has 0 aliphatic carbocycles. The predicted molar refractivity (Wildman–Crippen MR) is 114 cm³/mol. The summed E-state index contributed by atoms with van der Waals surface area (Å²) < 4.78 is 5.07. The lowest BCUT2D eigenvalue weighted by Crippen LogP contribution is -2.45. The van der Waals surface area contributed by atoms with E-state index < -0.39 is 5.41 Å². The largest absolute Gasteiger partial charge is 0.469 e. The summed E-state index contributed by atoms with van der Waals surface area (Å²) in [6.07, 6.45) is 5.53. The number of methoxy groups -OCH3 is 1. The van der Waals surface area contributed by atoms with Crippen LogP contribution in [0.4, 0.5) is 5.82 Å². The van der Waals surface area contributed by atoms with Crippen molar-refractivity contribution in [2.24, 2.45) is 11.3 Å². The van der Waals surface area contributed by atoms with Crippen LogP contribution in [0.1, 0.15) is 26.7 Å². The number of aromatic nitrogens is 3. The molecule has 150 valence electrons. The van der Waals surface area contributed by atoms with Crippen LogP contribution in [0.5, 0.6) is 0 Å². The first-order valence-corrected chi connectivity index (χ1v) is 10.0. The van der Waals surface area contributed by atoms with Gasteiger partial charge in [0.1, 0.15) is 5.82 Å². The number of fused-ring (bicyclic) bond motifs is 1. The molecule has 1 aromatic carbocycles. The van der Waals surface area contributed by atoms with Gasteiger partial charge in [-0.25, -0.2) is 9.97 Å². The van der Waals surface area contributed by atoms with E-state index in [1.165, 1.54) is 7.11 Å². The lowest BCUT2D eigenvalue weighted by molar-refractivity contribution is -0.154. The summed E-state index contributed by atoms with van der Waals surface area (Å²) in [7, 11) is 1.46. The average Bonchev–Trinajstić information content (AvgIpc) is 2.78. The van der Waals surface area contributed by atoms with Crippen molar-refractivity contribution in [2.75, 3.05) is 25.1 Å². The van der Waals surface area contributed by atoms with Gasteiger partial charge in [0.05, 0.1) is 18.0 Å². The van der Waals surface area contributed by atoms with E-state index in [1.54, 1.807) is 12.4 Å². The third-order valence-electron chi connectivity index (χ3n) is 5.96. The quantitative estimate of drug-likeness (QED) is 0.625. The SMILES string of the molecule is COC(=O)C(C)(C)C1CCCN(c2nc(-c3cccnc3)nc3ccccc23)C1. The van der Waals surface area contributed by atoms with Crippen molar-refractivity contribution in [1.29, 1.82) is 0 Å². The number of rotatable bonds is 4. The van der Waals surface area contributed by atoms with Crippen molar-refractivity contribution in [1.82, 2.24) is 15.0 Å². The molecule has 1 aliphatic rings. The van der Waals surface area contributed by atoms with Crippen LogP contribution < -0.4 is 4.90 Å². The molecule has 1 atom stereocenters. The van der Waals surface area contributed by atoms with Gasteiger partial charge in [-0.3, -0.25) is 9.78 Å². The van der Waals surface area contributed by atoms with Gasteiger partial charge in [-0.05, 0) is 56.9 Å². The molecule has 2 aromatic heterocycles. The molecule has 0 amide bonds. The van der Waals surface area contributed by atoms with Crippen LogP contribution in [0, 0.1) is 11.3 Å². The van der Waals surface area contributed by atoms with E-state index in [9.17, 15) is 4.79 Å². The lowest BCUT2D eigenvalue weighted by atomic mass is 9.74. The smallest absolute Gasteiger partial charge is 0.311 e. The zero-order chi connectivity index (χ0) is 20.4. The topological polar surface area (TPSA) is 68.2 Å². The highest BCUT2D eigenvalue weighted by Crippen LogP contribution is 2.38. The molecule has 0 N–H and O–H groups in total. The third-order valence-corrected chi connectivity index (χ3v) is 5.96. The van der Waals surface area contributed by atoms with Crippen molar-refractivity contribution < 1.29 is 9.53 Å². The number of hydrogen-bond acceptors (Lipinski definition) is 6. The normalized spacial score (nSPS) is 17.3. The summed E-state index contributed by atoms with van der Waals surface area (Å²) in [5, 5.41) is 1.02. The average molecular weight is 390 g/mol. The van der Waals surface area contributed by atoms with Gasteiger partial charge in [-0.1, -0.05) is 12.1 Å². The Bertz CT molecular complexity index is 1020. The molecule has 6 heteroatoms. The summed E-state index contributed by atoms with van der Waals surface area (Å²) in [5.41, 5.74) is 1.26. The Morgan fingerprint density at radius 3 is 2.76 bits per heavy atom. The van der Waals surface area contributed by atoms with E-state index in [0.717, 1.165) is 48.2 Å². The second kappa shape index (κ2) is 7.78. The number of carbonyl (C=O) groups excluding carboxylic acids is 1. The van der Waals surface area contributed by atoms with E-state index >= 15 is 0 Å². The van der Waals surface area contributed by atoms with Gasteiger partial charge in [-0.2, -0.15) is 0 Å². The van der Waals surface area contributed by atoms with Crippen LogP contribution in [0.15, 0.2) is 48.8 Å². The first kappa shape index (κ1) is 19.3. The van der Waals surface area contributed by atoms with Crippen molar-refractivity contribution in [2.45, 2.75) is 26.7 Å². The second-order valence-corrected chi connectivity index (χ2v) is 8.13. The molecule has 1 saturated heterocycles. The minimum atomic E-state index is -0.539. The Balaban J connectivity index is 1.75. The Kier molecular flexibility index (Phi) is 5.18. The van der Waals surface area contributed by atoms with Gasteiger partial charge in [0.15, 0.2) is 5.82 Å². The number of nitrogens with zero attached hydrogens (tertiary/aromatic N) is 4. The van der Waals surface area contributed by atoms with Gasteiger partial charge in [-0.15, -0.1) is 0 Å². The first-order valence-electron chi connectivity index (χ1n) is 10.0. The Hall–Kier alpha value is -3.02. The molecule has 29 heavy (non-hydrogen) atoms. The van der Waals surface area contributed by atoms with Crippen molar-refractivity contribution in [3.05, 3.63) is 48.8 Å². The number of carbonyl (C=O) groups is 1. The molecule has 1 fully saturated rings. The standard InChI is InChI=1S/C23H26N4O2/c1-23(2,22(28)29-3)17-9-7-13-27(15-17)21-18-10-4-5-11-19(18)25-20(26-21)16-8-6-12-24-14-16/h4-6,8,10-12,14,17H,7,9,13,15H2,1-3H3. The molecule has 6 nitrogen and oxygen atoms in total. The van der Waals surface area contributed by atoms with Crippen LogP contribution in [0.3, 0.4) is 0 Å². The first-order chi connectivity index (χ1) is 14.0. The number of ether oxygens (including phenoxy) is 1. The van der Waals surface area contributed by atoms with Crippen LogP contribution in [-0.4, -0.2) is 41.1 Å². The summed E-state index contributed by atoms with van der Waals surface area (Å²) in [6.45, 7) is 5.62. The molecule has 0 bridgehead atoms. The van der Waals surface area contributed by atoms with Gasteiger partial charge in [0.2, 0.25) is 0 Å². The lowest BCUT2D eigenvalue weighted by Gasteiger charge is -2.40. The monoisotopic (exact) mass is 390 g/mol. The second-order valence-electron chi connectivity index (χ2n) is 8.13. The van der Waals surface area contributed by atoms with Gasteiger partial charge in [0, 0.05) is 36.4 Å². The number of pyridine rings is 1. The third kappa shape index (κ3) is 3.67. The maximum absolute atomic E-state index is 12.4. The van der Waals surface area contributed by atoms with Crippen LogP contribution in [-0.2, 0) is 9.53 Å². The van der Waals surface area contributed by atoms with E-state index in [4.69, 9.17) is 14.7 Å². The van der Waals surface area contributed by atoms with Gasteiger partial charge < -0.3 is 9.64 Å². The van der Waals surface area contributed by atoms with E-state index in [1.807, 2.05) is 44.2 Å². The van der Waals surface area contributed by atoms with Gasteiger partial charge in [0.25, 0.3) is 0 Å². The summed E-state index contributed by atoms with van der Waals surface area (Å²) in [5.74, 6) is 1.62. The zero-order valence-electron chi connectivity index (χ0n) is 17.1. The van der Waals surface area contributed by atoms with Gasteiger partial charge >= 0.3 is 5.97 Å². The summed E-state index contributed by atoms with van der Waals surface area (Å²) in [6, 6.07) is 11.9. The molecule has 1 aliphatic heterocycles. The highest BCUT2D eigenvalue weighted by molar-refractivity contribution is 5.91. The molecule has 4 rings (SSSR count). The fourth-order valence-corrected chi connectivity index (χ4v) is 4.11. The number of para-hydroxylation sites is 1. The highest BCUT2D eigenvalue weighted by atomic mass is 16.5. The molecule has 1 unspecified atom stereocenters. The van der Waals surface area contributed by atoms with E-state index in [2.05, 4.69) is 16.0 Å².